The molecule has 1 aliphatic heterocycles. The number of hydrogen-bond acceptors (Lipinski definition) is 3. The van der Waals surface area contributed by atoms with Crippen molar-refractivity contribution in [3.63, 3.8) is 0 Å². The summed E-state index contributed by atoms with van der Waals surface area (Å²) in [5, 5.41) is 0. The lowest BCUT2D eigenvalue weighted by Gasteiger charge is -2.40. The van der Waals surface area contributed by atoms with E-state index in [1.807, 2.05) is 30.3 Å². The van der Waals surface area contributed by atoms with Crippen LogP contribution in [0.2, 0.25) is 0 Å². The van der Waals surface area contributed by atoms with Crippen LogP contribution in [0, 0.1) is 5.41 Å². The molecule has 0 radical (unpaired) electrons. The molecule has 1 saturated heterocycles. The van der Waals surface area contributed by atoms with Crippen molar-refractivity contribution in [1.29, 1.82) is 0 Å². The number of carbonyl (C=O) groups excluding carboxylic acids is 1. The van der Waals surface area contributed by atoms with E-state index in [1.165, 1.54) is 0 Å². The number of piperidine rings is 1. The third kappa shape index (κ3) is 4.69. The van der Waals surface area contributed by atoms with E-state index in [1.54, 1.807) is 4.90 Å². The number of halogens is 1. The second-order valence-corrected chi connectivity index (χ2v) is 6.05. The molecule has 2 N–H and O–H groups in total. The Morgan fingerprint density at radius 1 is 1.40 bits per heavy atom. The molecule has 2 rings (SSSR count). The van der Waals surface area contributed by atoms with Gasteiger partial charge in [-0.25, -0.2) is 4.79 Å². The number of benzene rings is 1. The predicted octanol–water partition coefficient (Wildman–Crippen LogP) is 2.80. The summed E-state index contributed by atoms with van der Waals surface area (Å²) < 4.78 is 5.34. The zero-order valence-corrected chi connectivity index (χ0v) is 12.9. The van der Waals surface area contributed by atoms with Crippen molar-refractivity contribution in [3.05, 3.63) is 35.9 Å². The zero-order chi connectivity index (χ0) is 13.9. The fourth-order valence-electron chi connectivity index (χ4n) is 2.65. The van der Waals surface area contributed by atoms with E-state index in [4.69, 9.17) is 10.5 Å². The predicted molar refractivity (Wildman–Crippen MR) is 81.8 cm³/mol. The van der Waals surface area contributed by atoms with Crippen LogP contribution in [-0.2, 0) is 11.3 Å². The molecule has 1 amide bonds. The van der Waals surface area contributed by atoms with E-state index in [-0.39, 0.29) is 30.0 Å². The van der Waals surface area contributed by atoms with Crippen molar-refractivity contribution in [2.75, 3.05) is 13.1 Å². The van der Waals surface area contributed by atoms with Crippen molar-refractivity contribution in [3.8, 4) is 0 Å². The second kappa shape index (κ2) is 6.95. The van der Waals surface area contributed by atoms with Gasteiger partial charge in [-0.1, -0.05) is 44.2 Å². The molecule has 5 heteroatoms. The molecule has 1 atom stereocenters. The van der Waals surface area contributed by atoms with Gasteiger partial charge in [0.1, 0.15) is 6.61 Å². The summed E-state index contributed by atoms with van der Waals surface area (Å²) in [5.41, 5.74) is 7.05. The van der Waals surface area contributed by atoms with Crippen molar-refractivity contribution < 1.29 is 9.53 Å². The summed E-state index contributed by atoms with van der Waals surface area (Å²) in [5.74, 6) is 0. The number of rotatable bonds is 2. The number of nitrogens with two attached hydrogens (primary N) is 1. The number of likely N-dealkylation sites (tertiary alicyclic amines) is 1. The largest absolute Gasteiger partial charge is 0.445 e. The van der Waals surface area contributed by atoms with Gasteiger partial charge in [-0.2, -0.15) is 0 Å². The van der Waals surface area contributed by atoms with Crippen LogP contribution in [0.1, 0.15) is 25.8 Å². The van der Waals surface area contributed by atoms with Crippen LogP contribution in [0.4, 0.5) is 4.79 Å². The summed E-state index contributed by atoms with van der Waals surface area (Å²) in [4.78, 5) is 13.8. The highest BCUT2D eigenvalue weighted by molar-refractivity contribution is 5.85. The van der Waals surface area contributed by atoms with Gasteiger partial charge in [0.15, 0.2) is 0 Å². The molecular weight excluding hydrogens is 276 g/mol. The SMILES string of the molecule is CC1(C)CC(N)CN(C(=O)OCc2ccccc2)C1.Cl. The summed E-state index contributed by atoms with van der Waals surface area (Å²) in [7, 11) is 0. The number of ether oxygens (including phenoxy) is 1. The van der Waals surface area contributed by atoms with Gasteiger partial charge < -0.3 is 15.4 Å². The average molecular weight is 299 g/mol. The van der Waals surface area contributed by atoms with Crippen molar-refractivity contribution in [2.45, 2.75) is 32.9 Å². The minimum atomic E-state index is -0.271. The Balaban J connectivity index is 0.00000200. The molecule has 0 spiro atoms. The summed E-state index contributed by atoms with van der Waals surface area (Å²) >= 11 is 0. The van der Waals surface area contributed by atoms with Crippen molar-refractivity contribution in [2.24, 2.45) is 11.1 Å². The average Bonchev–Trinajstić information content (AvgIpc) is 2.34. The molecule has 4 nitrogen and oxygen atoms in total. The Morgan fingerprint density at radius 3 is 2.65 bits per heavy atom. The van der Waals surface area contributed by atoms with Crippen molar-refractivity contribution in [1.82, 2.24) is 4.90 Å². The lowest BCUT2D eigenvalue weighted by molar-refractivity contribution is 0.0563. The lowest BCUT2D eigenvalue weighted by Crippen LogP contribution is -2.52. The van der Waals surface area contributed by atoms with E-state index < -0.39 is 0 Å². The van der Waals surface area contributed by atoms with Gasteiger partial charge in [0.2, 0.25) is 0 Å². The lowest BCUT2D eigenvalue weighted by atomic mass is 9.82. The molecule has 0 aromatic heterocycles. The Kier molecular flexibility index (Phi) is 5.84. The molecule has 112 valence electrons. The first-order valence-electron chi connectivity index (χ1n) is 6.67. The van der Waals surface area contributed by atoms with Crippen LogP contribution in [0.3, 0.4) is 0 Å². The first-order chi connectivity index (χ1) is 8.96. The minimum absolute atomic E-state index is 0. The maximum Gasteiger partial charge on any atom is 0.410 e. The third-order valence-corrected chi connectivity index (χ3v) is 3.35. The Labute approximate surface area is 126 Å². The fourth-order valence-corrected chi connectivity index (χ4v) is 2.65. The maximum atomic E-state index is 12.1. The third-order valence-electron chi connectivity index (χ3n) is 3.35. The highest BCUT2D eigenvalue weighted by atomic mass is 35.5. The highest BCUT2D eigenvalue weighted by Crippen LogP contribution is 2.28. The monoisotopic (exact) mass is 298 g/mol. The van der Waals surface area contributed by atoms with Crippen LogP contribution in [0.15, 0.2) is 30.3 Å². The molecule has 1 heterocycles. The molecular formula is C15H23ClN2O2. The van der Waals surface area contributed by atoms with Crippen LogP contribution in [0.25, 0.3) is 0 Å². The Hall–Kier alpha value is -1.26. The molecule has 0 aliphatic carbocycles. The van der Waals surface area contributed by atoms with Gasteiger partial charge in [0, 0.05) is 19.1 Å². The number of amides is 1. The van der Waals surface area contributed by atoms with Crippen LogP contribution < -0.4 is 5.73 Å². The normalized spacial score (nSPS) is 20.9. The van der Waals surface area contributed by atoms with Gasteiger partial charge >= 0.3 is 6.09 Å². The smallest absolute Gasteiger partial charge is 0.410 e. The maximum absolute atomic E-state index is 12.1. The molecule has 1 aliphatic rings. The number of hydrogen-bond donors (Lipinski definition) is 1. The first-order valence-corrected chi connectivity index (χ1v) is 6.67. The first kappa shape index (κ1) is 16.8. The summed E-state index contributed by atoms with van der Waals surface area (Å²) in [6.07, 6.45) is 0.669. The van der Waals surface area contributed by atoms with E-state index in [0.717, 1.165) is 12.0 Å². The number of nitrogens with zero attached hydrogens (tertiary/aromatic N) is 1. The van der Waals surface area contributed by atoms with E-state index in [9.17, 15) is 4.79 Å². The summed E-state index contributed by atoms with van der Waals surface area (Å²) in [6, 6.07) is 9.73. The van der Waals surface area contributed by atoms with Crippen LogP contribution >= 0.6 is 12.4 Å². The Morgan fingerprint density at radius 2 is 2.05 bits per heavy atom. The molecule has 0 saturated carbocycles. The van der Waals surface area contributed by atoms with Gasteiger partial charge in [-0.05, 0) is 17.4 Å². The van der Waals surface area contributed by atoms with E-state index in [2.05, 4.69) is 13.8 Å². The quantitative estimate of drug-likeness (QED) is 0.913. The van der Waals surface area contributed by atoms with E-state index >= 15 is 0 Å². The molecule has 0 bridgehead atoms. The molecule has 1 unspecified atom stereocenters. The fraction of sp³-hybridized carbons (Fsp3) is 0.533. The number of carbonyl (C=O) groups is 1. The van der Waals surface area contributed by atoms with Gasteiger partial charge in [0.05, 0.1) is 0 Å². The van der Waals surface area contributed by atoms with Crippen LogP contribution in [0.5, 0.6) is 0 Å². The molecule has 1 fully saturated rings. The summed E-state index contributed by atoms with van der Waals surface area (Å²) in [6.45, 7) is 5.85. The van der Waals surface area contributed by atoms with Crippen molar-refractivity contribution >= 4 is 18.5 Å². The standard InChI is InChI=1S/C15H22N2O2.ClH/c1-15(2)8-13(16)9-17(11-15)14(18)19-10-12-6-4-3-5-7-12;/h3-7,13H,8-11,16H2,1-2H3;1H. The van der Waals surface area contributed by atoms with E-state index in [0.29, 0.717) is 19.7 Å². The molecule has 20 heavy (non-hydrogen) atoms. The highest BCUT2D eigenvalue weighted by Gasteiger charge is 2.33. The zero-order valence-electron chi connectivity index (χ0n) is 12.0. The van der Waals surface area contributed by atoms with Gasteiger partial charge in [0.25, 0.3) is 0 Å². The molecule has 1 aromatic carbocycles. The topological polar surface area (TPSA) is 55.6 Å². The Bertz CT molecular complexity index is 437. The minimum Gasteiger partial charge on any atom is -0.445 e. The second-order valence-electron chi connectivity index (χ2n) is 6.05. The van der Waals surface area contributed by atoms with Crippen LogP contribution in [-0.4, -0.2) is 30.1 Å². The van der Waals surface area contributed by atoms with Gasteiger partial charge in [-0.15, -0.1) is 12.4 Å². The molecule has 1 aromatic rings. The van der Waals surface area contributed by atoms with Gasteiger partial charge in [-0.3, -0.25) is 0 Å².